The summed E-state index contributed by atoms with van der Waals surface area (Å²) in [6, 6.07) is 0. The first-order valence-corrected chi connectivity index (χ1v) is 5.40. The summed E-state index contributed by atoms with van der Waals surface area (Å²) in [6.45, 7) is -0.307. The van der Waals surface area contributed by atoms with Crippen molar-refractivity contribution >= 4 is 0 Å². The fourth-order valence-electron chi connectivity index (χ4n) is 1.02. The molecule has 0 aliphatic heterocycles. The van der Waals surface area contributed by atoms with Crippen LogP contribution in [0.15, 0.2) is 0 Å². The zero-order valence-electron chi connectivity index (χ0n) is 9.99. The van der Waals surface area contributed by atoms with E-state index in [-0.39, 0.29) is 39.6 Å². The van der Waals surface area contributed by atoms with Crippen LogP contribution in [0.25, 0.3) is 0 Å². The molecule has 0 heterocycles. The Morgan fingerprint density at radius 3 is 2.00 bits per heavy atom. The SMILES string of the molecule is COCC(COCC(O)CO)OCC(O)CO. The molecule has 0 amide bonds. The molecule has 4 N–H and O–H groups in total. The van der Waals surface area contributed by atoms with Crippen LogP contribution in [0.3, 0.4) is 0 Å². The molecule has 0 bridgehead atoms. The van der Waals surface area contributed by atoms with E-state index in [0.29, 0.717) is 0 Å². The molecule has 0 saturated carbocycles. The first-order chi connectivity index (χ1) is 8.13. The standard InChI is InChI=1S/C10H22O7/c1-15-6-10(17-5-9(14)3-12)7-16-4-8(13)2-11/h8-14H,2-7H2,1H3. The quantitative estimate of drug-likeness (QED) is 0.329. The minimum atomic E-state index is -0.933. The van der Waals surface area contributed by atoms with Crippen LogP contribution >= 0.6 is 0 Å². The molecule has 7 nitrogen and oxygen atoms in total. The minimum Gasteiger partial charge on any atom is -0.394 e. The third kappa shape index (κ3) is 9.42. The van der Waals surface area contributed by atoms with E-state index in [2.05, 4.69) is 0 Å². The zero-order valence-corrected chi connectivity index (χ0v) is 9.99. The van der Waals surface area contributed by atoms with Crippen molar-refractivity contribution in [3.8, 4) is 0 Å². The maximum atomic E-state index is 9.10. The lowest BCUT2D eigenvalue weighted by Gasteiger charge is -2.19. The summed E-state index contributed by atoms with van der Waals surface area (Å²) in [5.41, 5.74) is 0. The van der Waals surface area contributed by atoms with Gasteiger partial charge in [0.25, 0.3) is 0 Å². The van der Waals surface area contributed by atoms with Gasteiger partial charge in [0, 0.05) is 7.11 Å². The zero-order chi connectivity index (χ0) is 13.1. The molecule has 0 aliphatic rings. The van der Waals surface area contributed by atoms with Crippen molar-refractivity contribution in [3.05, 3.63) is 0 Å². The molecule has 0 aromatic rings. The van der Waals surface area contributed by atoms with Gasteiger partial charge >= 0.3 is 0 Å². The maximum Gasteiger partial charge on any atom is 0.104 e. The van der Waals surface area contributed by atoms with Gasteiger partial charge < -0.3 is 34.6 Å². The predicted octanol–water partition coefficient (Wildman–Crippen LogP) is -2.26. The highest BCUT2D eigenvalue weighted by Crippen LogP contribution is 1.98. The average molecular weight is 254 g/mol. The number of hydrogen-bond acceptors (Lipinski definition) is 7. The van der Waals surface area contributed by atoms with E-state index < -0.39 is 18.3 Å². The summed E-state index contributed by atoms with van der Waals surface area (Å²) in [6.07, 6.45) is -2.24. The Hall–Kier alpha value is -0.280. The first kappa shape index (κ1) is 16.7. The highest BCUT2D eigenvalue weighted by atomic mass is 16.6. The van der Waals surface area contributed by atoms with Crippen molar-refractivity contribution in [2.45, 2.75) is 18.3 Å². The van der Waals surface area contributed by atoms with Gasteiger partial charge in [0.15, 0.2) is 0 Å². The smallest absolute Gasteiger partial charge is 0.104 e. The number of rotatable bonds is 11. The van der Waals surface area contributed by atoms with Crippen LogP contribution in [0.5, 0.6) is 0 Å². The molecular formula is C10H22O7. The summed E-state index contributed by atoms with van der Waals surface area (Å²) in [5, 5.41) is 35.3. The monoisotopic (exact) mass is 254 g/mol. The van der Waals surface area contributed by atoms with Crippen molar-refractivity contribution in [1.82, 2.24) is 0 Å². The molecule has 7 heteroatoms. The third-order valence-electron chi connectivity index (χ3n) is 1.91. The second-order valence-corrected chi connectivity index (χ2v) is 3.62. The van der Waals surface area contributed by atoms with Crippen molar-refractivity contribution in [2.24, 2.45) is 0 Å². The van der Waals surface area contributed by atoms with Crippen LogP contribution in [0.4, 0.5) is 0 Å². The molecule has 17 heavy (non-hydrogen) atoms. The predicted molar refractivity (Wildman–Crippen MR) is 58.6 cm³/mol. The third-order valence-corrected chi connectivity index (χ3v) is 1.91. The second kappa shape index (κ2) is 10.8. The molecule has 104 valence electrons. The Balaban J connectivity index is 3.73. The van der Waals surface area contributed by atoms with Crippen LogP contribution < -0.4 is 0 Å². The van der Waals surface area contributed by atoms with Gasteiger partial charge in [0.2, 0.25) is 0 Å². The number of aliphatic hydroxyl groups is 4. The van der Waals surface area contributed by atoms with Gasteiger partial charge in [-0.05, 0) is 0 Å². The van der Waals surface area contributed by atoms with E-state index in [0.717, 1.165) is 0 Å². The Morgan fingerprint density at radius 1 is 0.882 bits per heavy atom. The fourth-order valence-corrected chi connectivity index (χ4v) is 1.02. The molecule has 0 aromatic heterocycles. The van der Waals surface area contributed by atoms with Crippen molar-refractivity contribution in [2.75, 3.05) is 46.8 Å². The van der Waals surface area contributed by atoms with Crippen molar-refractivity contribution in [3.63, 3.8) is 0 Å². The van der Waals surface area contributed by atoms with Crippen LogP contribution in [-0.2, 0) is 14.2 Å². The molecule has 0 aromatic carbocycles. The number of hydrogen-bond donors (Lipinski definition) is 4. The molecule has 0 fully saturated rings. The summed E-state index contributed by atoms with van der Waals surface area (Å²) < 4.78 is 15.2. The first-order valence-electron chi connectivity index (χ1n) is 5.40. The van der Waals surface area contributed by atoms with Crippen LogP contribution in [-0.4, -0.2) is 85.5 Å². The molecule has 3 atom stereocenters. The highest BCUT2D eigenvalue weighted by molar-refractivity contribution is 4.59. The fraction of sp³-hybridized carbons (Fsp3) is 1.00. The summed E-state index contributed by atoms with van der Waals surface area (Å²) >= 11 is 0. The van der Waals surface area contributed by atoms with Crippen LogP contribution in [0.1, 0.15) is 0 Å². The Kier molecular flexibility index (Phi) is 10.7. The van der Waals surface area contributed by atoms with E-state index in [1.54, 1.807) is 0 Å². The lowest BCUT2D eigenvalue weighted by Crippen LogP contribution is -2.32. The van der Waals surface area contributed by atoms with Gasteiger partial charge in [0.1, 0.15) is 18.3 Å². The van der Waals surface area contributed by atoms with Crippen LogP contribution in [0, 0.1) is 0 Å². The lowest BCUT2D eigenvalue weighted by molar-refractivity contribution is -0.0925. The van der Waals surface area contributed by atoms with Gasteiger partial charge in [-0.25, -0.2) is 0 Å². The van der Waals surface area contributed by atoms with Gasteiger partial charge in [0.05, 0.1) is 39.6 Å². The molecule has 0 radical (unpaired) electrons. The summed E-state index contributed by atoms with van der Waals surface area (Å²) in [4.78, 5) is 0. The van der Waals surface area contributed by atoms with Crippen molar-refractivity contribution < 1.29 is 34.6 Å². The van der Waals surface area contributed by atoms with E-state index in [4.69, 9.17) is 34.6 Å². The van der Waals surface area contributed by atoms with Gasteiger partial charge in [-0.2, -0.15) is 0 Å². The van der Waals surface area contributed by atoms with Gasteiger partial charge in [-0.15, -0.1) is 0 Å². The molecule has 3 unspecified atom stereocenters. The molecule has 0 saturated heterocycles. The van der Waals surface area contributed by atoms with Crippen LogP contribution in [0.2, 0.25) is 0 Å². The largest absolute Gasteiger partial charge is 0.394 e. The van der Waals surface area contributed by atoms with Crippen molar-refractivity contribution in [1.29, 1.82) is 0 Å². The Bertz CT molecular complexity index is 167. The van der Waals surface area contributed by atoms with E-state index in [1.165, 1.54) is 7.11 Å². The maximum absolute atomic E-state index is 9.10. The molecule has 0 aliphatic carbocycles. The summed E-state index contributed by atoms with van der Waals surface area (Å²) in [5.74, 6) is 0. The van der Waals surface area contributed by atoms with E-state index in [9.17, 15) is 0 Å². The second-order valence-electron chi connectivity index (χ2n) is 3.62. The summed E-state index contributed by atoms with van der Waals surface area (Å²) in [7, 11) is 1.50. The number of ether oxygens (including phenoxy) is 3. The normalized spacial score (nSPS) is 16.8. The lowest BCUT2D eigenvalue weighted by atomic mass is 10.3. The Labute approximate surface area is 101 Å². The number of aliphatic hydroxyl groups excluding tert-OH is 4. The van der Waals surface area contributed by atoms with Gasteiger partial charge in [-0.3, -0.25) is 0 Å². The topological polar surface area (TPSA) is 109 Å². The average Bonchev–Trinajstić information content (AvgIpc) is 2.35. The molecule has 0 rings (SSSR count). The number of methoxy groups -OCH3 is 1. The van der Waals surface area contributed by atoms with E-state index in [1.807, 2.05) is 0 Å². The Morgan fingerprint density at radius 2 is 1.47 bits per heavy atom. The molecule has 0 spiro atoms. The van der Waals surface area contributed by atoms with E-state index >= 15 is 0 Å². The highest BCUT2D eigenvalue weighted by Gasteiger charge is 2.13. The molecular weight excluding hydrogens is 232 g/mol. The minimum absolute atomic E-state index is 0.00261. The van der Waals surface area contributed by atoms with Gasteiger partial charge in [-0.1, -0.05) is 0 Å².